The molecule has 1 aliphatic heterocycles. The lowest BCUT2D eigenvalue weighted by Gasteiger charge is -2.11. The summed E-state index contributed by atoms with van der Waals surface area (Å²) >= 11 is 12.3. The number of methoxy groups -OCH3 is 1. The molecule has 5 nitrogen and oxygen atoms in total. The molecule has 0 aliphatic carbocycles. The smallest absolute Gasteiger partial charge is 0.273 e. The van der Waals surface area contributed by atoms with E-state index in [0.29, 0.717) is 21.4 Å². The van der Waals surface area contributed by atoms with E-state index in [1.165, 1.54) is 5.56 Å². The van der Waals surface area contributed by atoms with Gasteiger partial charge >= 0.3 is 0 Å². The average molecular weight is 530 g/mol. The fourth-order valence-corrected chi connectivity index (χ4v) is 5.58. The number of aromatic nitrogens is 2. The summed E-state index contributed by atoms with van der Waals surface area (Å²) in [6.45, 7) is 0.886. The second-order valence-corrected chi connectivity index (χ2v) is 10.0. The third-order valence-corrected chi connectivity index (χ3v) is 7.71. The lowest BCUT2D eigenvalue weighted by molar-refractivity contribution is 0.102. The largest absolute Gasteiger partial charge is 0.497 e. The molecule has 2 aromatic heterocycles. The van der Waals surface area contributed by atoms with E-state index in [9.17, 15) is 4.79 Å². The normalized spacial score (nSPS) is 12.9. The second kappa shape index (κ2) is 9.66. The van der Waals surface area contributed by atoms with Crippen molar-refractivity contribution in [1.82, 2.24) is 8.97 Å². The summed E-state index contributed by atoms with van der Waals surface area (Å²) < 4.78 is 9.78. The van der Waals surface area contributed by atoms with E-state index in [1.54, 1.807) is 25.3 Å². The molecule has 1 aliphatic rings. The molecule has 0 radical (unpaired) electrons. The van der Waals surface area contributed by atoms with Crippen LogP contribution in [0.1, 0.15) is 28.9 Å². The zero-order valence-electron chi connectivity index (χ0n) is 20.3. The Morgan fingerprint density at radius 1 is 0.919 bits per heavy atom. The third-order valence-electron chi connectivity index (χ3n) is 6.97. The van der Waals surface area contributed by atoms with Crippen molar-refractivity contribution in [2.45, 2.75) is 25.8 Å². The first-order valence-corrected chi connectivity index (χ1v) is 13.0. The number of ether oxygens (including phenoxy) is 1. The Morgan fingerprint density at radius 3 is 2.43 bits per heavy atom. The van der Waals surface area contributed by atoms with E-state index in [0.717, 1.165) is 59.6 Å². The first-order chi connectivity index (χ1) is 18.0. The molecule has 6 rings (SSSR count). The molecular formula is C30H25Cl2N3O2. The van der Waals surface area contributed by atoms with Gasteiger partial charge in [-0.05, 0) is 72.9 Å². The summed E-state index contributed by atoms with van der Waals surface area (Å²) in [6.07, 6.45) is 5.11. The van der Waals surface area contributed by atoms with E-state index < -0.39 is 0 Å². The summed E-state index contributed by atoms with van der Waals surface area (Å²) in [5, 5.41) is 3.90. The van der Waals surface area contributed by atoms with Gasteiger partial charge in [-0.25, -0.2) is 0 Å². The number of nitrogens with zero attached hydrogens (tertiary/aromatic N) is 2. The van der Waals surface area contributed by atoms with Crippen molar-refractivity contribution in [1.29, 1.82) is 0 Å². The van der Waals surface area contributed by atoms with Gasteiger partial charge in [0, 0.05) is 29.6 Å². The highest BCUT2D eigenvalue weighted by Crippen LogP contribution is 2.40. The molecule has 37 heavy (non-hydrogen) atoms. The van der Waals surface area contributed by atoms with Crippen molar-refractivity contribution in [2.24, 2.45) is 0 Å². The van der Waals surface area contributed by atoms with Crippen molar-refractivity contribution in [3.63, 3.8) is 0 Å². The maximum absolute atomic E-state index is 14.0. The molecule has 0 fully saturated rings. The van der Waals surface area contributed by atoms with Gasteiger partial charge in [-0.3, -0.25) is 9.20 Å². The minimum absolute atomic E-state index is 0.197. The quantitative estimate of drug-likeness (QED) is 0.251. The van der Waals surface area contributed by atoms with Gasteiger partial charge in [-0.15, -0.1) is 0 Å². The van der Waals surface area contributed by atoms with Crippen molar-refractivity contribution in [3.05, 3.63) is 100 Å². The fraction of sp³-hybridized carbons (Fsp3) is 0.167. The van der Waals surface area contributed by atoms with Gasteiger partial charge in [-0.2, -0.15) is 0 Å². The van der Waals surface area contributed by atoms with Crippen LogP contribution in [0.15, 0.2) is 79.0 Å². The number of nitrogens with one attached hydrogen (secondary N) is 1. The number of hydrogen-bond acceptors (Lipinski definition) is 2. The number of benzene rings is 3. The minimum atomic E-state index is -0.197. The number of anilines is 1. The first-order valence-electron chi connectivity index (χ1n) is 12.3. The van der Waals surface area contributed by atoms with Gasteiger partial charge in [0.2, 0.25) is 0 Å². The van der Waals surface area contributed by atoms with Gasteiger partial charge in [0.05, 0.1) is 22.8 Å². The van der Waals surface area contributed by atoms with Crippen molar-refractivity contribution < 1.29 is 9.53 Å². The SMILES string of the molecule is COc1ccc(-c2cn3c(C(=O)Nc4ccc(Cl)c(Cl)c4)c(-c4ccccc4)c4c3n2CCCC4)cc1. The molecule has 7 heteroatoms. The predicted octanol–water partition coefficient (Wildman–Crippen LogP) is 7.98. The van der Waals surface area contributed by atoms with E-state index in [1.807, 2.05) is 30.3 Å². The summed E-state index contributed by atoms with van der Waals surface area (Å²) in [5.74, 6) is 0.615. The highest BCUT2D eigenvalue weighted by atomic mass is 35.5. The maximum atomic E-state index is 14.0. The van der Waals surface area contributed by atoms with Crippen LogP contribution in [-0.2, 0) is 13.0 Å². The van der Waals surface area contributed by atoms with Crippen LogP contribution in [0.5, 0.6) is 5.75 Å². The molecule has 0 saturated heterocycles. The summed E-state index contributed by atoms with van der Waals surface area (Å²) in [6, 6.07) is 23.3. The molecule has 0 bridgehead atoms. The van der Waals surface area contributed by atoms with Gasteiger partial charge < -0.3 is 14.6 Å². The molecule has 0 unspecified atom stereocenters. The van der Waals surface area contributed by atoms with Crippen LogP contribution < -0.4 is 10.1 Å². The van der Waals surface area contributed by atoms with Crippen molar-refractivity contribution in [2.75, 3.05) is 12.4 Å². The Kier molecular flexibility index (Phi) is 6.19. The molecule has 1 N–H and O–H groups in total. The Hall–Kier alpha value is -3.67. The Bertz CT molecular complexity index is 1620. The highest BCUT2D eigenvalue weighted by molar-refractivity contribution is 6.42. The zero-order chi connectivity index (χ0) is 25.5. The van der Waals surface area contributed by atoms with Crippen LogP contribution in [0, 0.1) is 0 Å². The van der Waals surface area contributed by atoms with Crippen LogP contribution in [0.3, 0.4) is 0 Å². The monoisotopic (exact) mass is 529 g/mol. The summed E-state index contributed by atoms with van der Waals surface area (Å²) in [5.41, 5.74) is 7.63. The Morgan fingerprint density at radius 2 is 1.70 bits per heavy atom. The minimum Gasteiger partial charge on any atom is -0.497 e. The van der Waals surface area contributed by atoms with Gasteiger partial charge in [0.15, 0.2) is 0 Å². The van der Waals surface area contributed by atoms with E-state index in [2.05, 4.69) is 44.7 Å². The lowest BCUT2D eigenvalue weighted by atomic mass is 9.98. The number of carbonyl (C=O) groups excluding carboxylic acids is 1. The second-order valence-electron chi connectivity index (χ2n) is 9.20. The van der Waals surface area contributed by atoms with Gasteiger partial charge in [0.1, 0.15) is 17.1 Å². The lowest BCUT2D eigenvalue weighted by Crippen LogP contribution is -2.15. The molecule has 3 aromatic carbocycles. The van der Waals surface area contributed by atoms with Crippen LogP contribution in [0.4, 0.5) is 5.69 Å². The van der Waals surface area contributed by atoms with Crippen LogP contribution in [0.25, 0.3) is 28.0 Å². The standard InChI is InChI=1S/C30H25Cl2N3O2/c1-37-22-13-10-19(11-14-22)26-18-35-28(29(36)33-21-12-15-24(31)25(32)17-21)27(20-7-3-2-4-8-20)23-9-5-6-16-34(26)30(23)35/h2-4,7-8,10-15,17-18H,5-6,9,16H2,1H3,(H,33,36). The maximum Gasteiger partial charge on any atom is 0.273 e. The number of halogens is 2. The number of rotatable bonds is 5. The van der Waals surface area contributed by atoms with Gasteiger partial charge in [0.25, 0.3) is 5.91 Å². The van der Waals surface area contributed by atoms with Crippen LogP contribution >= 0.6 is 23.2 Å². The molecule has 0 atom stereocenters. The number of hydrogen-bond donors (Lipinski definition) is 1. The number of carbonyl (C=O) groups is 1. The van der Waals surface area contributed by atoms with E-state index >= 15 is 0 Å². The number of imidazole rings is 1. The van der Waals surface area contributed by atoms with Crippen molar-refractivity contribution >= 4 is 40.4 Å². The summed E-state index contributed by atoms with van der Waals surface area (Å²) in [7, 11) is 1.67. The average Bonchev–Trinajstić information content (AvgIpc) is 3.34. The third kappa shape index (κ3) is 4.18. The molecule has 0 saturated carbocycles. The zero-order valence-corrected chi connectivity index (χ0v) is 21.8. The molecule has 1 amide bonds. The van der Waals surface area contributed by atoms with Crippen LogP contribution in [0.2, 0.25) is 10.0 Å². The van der Waals surface area contributed by atoms with E-state index in [-0.39, 0.29) is 5.91 Å². The van der Waals surface area contributed by atoms with E-state index in [4.69, 9.17) is 27.9 Å². The molecule has 3 heterocycles. The Balaban J connectivity index is 1.57. The Labute approximate surface area is 225 Å². The van der Waals surface area contributed by atoms with Crippen molar-refractivity contribution in [3.8, 4) is 28.1 Å². The first kappa shape index (κ1) is 23.7. The molecular weight excluding hydrogens is 505 g/mol. The molecule has 186 valence electrons. The topological polar surface area (TPSA) is 47.7 Å². The number of amides is 1. The molecule has 5 aromatic rings. The van der Waals surface area contributed by atoms with Crippen LogP contribution in [-0.4, -0.2) is 22.0 Å². The predicted molar refractivity (Wildman–Crippen MR) is 150 cm³/mol. The van der Waals surface area contributed by atoms with Gasteiger partial charge in [-0.1, -0.05) is 53.5 Å². The number of aryl methyl sites for hydroxylation is 2. The highest BCUT2D eigenvalue weighted by Gasteiger charge is 2.29. The molecule has 0 spiro atoms. The summed E-state index contributed by atoms with van der Waals surface area (Å²) in [4.78, 5) is 14.0. The fourth-order valence-electron chi connectivity index (χ4n) is 5.28.